The highest BCUT2D eigenvalue weighted by atomic mass is 16.5. The summed E-state index contributed by atoms with van der Waals surface area (Å²) in [7, 11) is 2.16. The van der Waals surface area contributed by atoms with Crippen LogP contribution in [-0.4, -0.2) is 70.9 Å². The summed E-state index contributed by atoms with van der Waals surface area (Å²) in [6.07, 6.45) is 2.62. The molecule has 0 unspecified atom stereocenters. The zero-order valence-corrected chi connectivity index (χ0v) is 18.5. The third kappa shape index (κ3) is 4.12. The Bertz CT molecular complexity index is 1080. The molecule has 2 aliphatic heterocycles. The predicted octanol–water partition coefficient (Wildman–Crippen LogP) is 2.52. The smallest absolute Gasteiger partial charge is 0.224 e. The van der Waals surface area contributed by atoms with Gasteiger partial charge in [-0.3, -0.25) is 0 Å². The van der Waals surface area contributed by atoms with Gasteiger partial charge >= 0.3 is 0 Å². The number of benzene rings is 1. The lowest BCUT2D eigenvalue weighted by atomic mass is 10.1. The third-order valence-corrected chi connectivity index (χ3v) is 6.02. The van der Waals surface area contributed by atoms with Crippen molar-refractivity contribution >= 4 is 22.4 Å². The van der Waals surface area contributed by atoms with Gasteiger partial charge in [0, 0.05) is 51.4 Å². The molecule has 2 aliphatic rings. The number of nitrogens with zero attached hydrogens (tertiary/aromatic N) is 7. The first-order valence-corrected chi connectivity index (χ1v) is 11.0. The van der Waals surface area contributed by atoms with E-state index in [0.29, 0.717) is 5.88 Å². The number of hydrogen-bond acceptors (Lipinski definition) is 8. The van der Waals surface area contributed by atoms with Gasteiger partial charge in [0.2, 0.25) is 5.88 Å². The summed E-state index contributed by atoms with van der Waals surface area (Å²) >= 11 is 0. The molecule has 3 aromatic rings. The molecule has 0 bridgehead atoms. The Morgan fingerprint density at radius 1 is 0.935 bits per heavy atom. The molecule has 0 aliphatic carbocycles. The van der Waals surface area contributed by atoms with Gasteiger partial charge in [0.15, 0.2) is 5.82 Å². The summed E-state index contributed by atoms with van der Waals surface area (Å²) in [4.78, 5) is 15.8. The Kier molecular flexibility index (Phi) is 5.31. The molecule has 162 valence electrons. The van der Waals surface area contributed by atoms with Gasteiger partial charge in [0.05, 0.1) is 22.7 Å². The minimum Gasteiger partial charge on any atom is -0.474 e. The van der Waals surface area contributed by atoms with Crippen LogP contribution in [0.3, 0.4) is 0 Å². The van der Waals surface area contributed by atoms with E-state index in [2.05, 4.69) is 66.2 Å². The van der Waals surface area contributed by atoms with Crippen molar-refractivity contribution in [3.63, 3.8) is 0 Å². The van der Waals surface area contributed by atoms with Gasteiger partial charge in [0.1, 0.15) is 6.33 Å². The molecule has 5 rings (SSSR count). The van der Waals surface area contributed by atoms with Crippen molar-refractivity contribution in [2.45, 2.75) is 32.9 Å². The van der Waals surface area contributed by atoms with Crippen molar-refractivity contribution in [1.29, 1.82) is 0 Å². The van der Waals surface area contributed by atoms with Crippen molar-refractivity contribution in [3.8, 4) is 5.88 Å². The van der Waals surface area contributed by atoms with E-state index in [1.807, 2.05) is 13.8 Å². The van der Waals surface area contributed by atoms with Crippen molar-refractivity contribution < 1.29 is 4.74 Å². The number of ether oxygens (including phenoxy) is 1. The third-order valence-electron chi connectivity index (χ3n) is 6.02. The summed E-state index contributed by atoms with van der Waals surface area (Å²) in [5.41, 5.74) is 4.54. The molecule has 0 amide bonds. The Labute approximate surface area is 182 Å². The fourth-order valence-corrected chi connectivity index (χ4v) is 4.34. The summed E-state index contributed by atoms with van der Waals surface area (Å²) in [5.74, 6) is 1.64. The Morgan fingerprint density at radius 2 is 1.74 bits per heavy atom. The minimum atomic E-state index is 0.0721. The second-order valence-electron chi connectivity index (χ2n) is 8.68. The van der Waals surface area contributed by atoms with Crippen LogP contribution in [0.15, 0.2) is 30.6 Å². The zero-order chi connectivity index (χ0) is 21.4. The number of piperazine rings is 1. The highest BCUT2D eigenvalue weighted by Crippen LogP contribution is 2.28. The lowest BCUT2D eigenvalue weighted by Gasteiger charge is -2.37. The monoisotopic (exact) mass is 419 g/mol. The summed E-state index contributed by atoms with van der Waals surface area (Å²) in [6, 6.07) is 8.57. The number of fused-ring (bicyclic) bond motifs is 2. The van der Waals surface area contributed by atoms with E-state index in [0.717, 1.165) is 68.1 Å². The number of rotatable bonds is 4. The lowest BCUT2D eigenvalue weighted by Crippen LogP contribution is -2.47. The molecule has 31 heavy (non-hydrogen) atoms. The van der Waals surface area contributed by atoms with E-state index < -0.39 is 0 Å². The van der Waals surface area contributed by atoms with Gasteiger partial charge in [-0.15, -0.1) is 5.10 Å². The second kappa shape index (κ2) is 8.26. The predicted molar refractivity (Wildman–Crippen MR) is 122 cm³/mol. The van der Waals surface area contributed by atoms with Crippen molar-refractivity contribution in [3.05, 3.63) is 41.9 Å². The first-order chi connectivity index (χ1) is 15.1. The molecular weight excluding hydrogens is 390 g/mol. The van der Waals surface area contributed by atoms with E-state index >= 15 is 0 Å². The Hall–Kier alpha value is -3.00. The lowest BCUT2D eigenvalue weighted by molar-refractivity contribution is 0.235. The van der Waals surface area contributed by atoms with Crippen LogP contribution < -0.4 is 14.5 Å². The number of hydrogen-bond donors (Lipinski definition) is 0. The van der Waals surface area contributed by atoms with Gasteiger partial charge in [-0.05, 0) is 50.7 Å². The molecule has 2 aromatic heterocycles. The first-order valence-electron chi connectivity index (χ1n) is 11.0. The maximum absolute atomic E-state index is 5.90. The van der Waals surface area contributed by atoms with Crippen LogP contribution in [-0.2, 0) is 13.0 Å². The fraction of sp³-hybridized carbons (Fsp3) is 0.478. The van der Waals surface area contributed by atoms with Crippen molar-refractivity contribution in [1.82, 2.24) is 25.1 Å². The summed E-state index contributed by atoms with van der Waals surface area (Å²) in [5, 5.41) is 10.00. The van der Waals surface area contributed by atoms with E-state index in [1.165, 1.54) is 11.3 Å². The first kappa shape index (κ1) is 19.9. The van der Waals surface area contributed by atoms with Crippen molar-refractivity contribution in [2.75, 3.05) is 49.6 Å². The molecule has 4 heterocycles. The SMILES string of the molecule is CC(C)Oc1ncnc2ccc(N3CCN(c4cc5c(nn4)CCN(C)C5)CC3)cc12. The topological polar surface area (TPSA) is 70.5 Å². The molecule has 1 saturated heterocycles. The standard InChI is InChI=1S/C23H29N7O/c1-16(2)31-23-19-13-18(4-5-21(19)24-15-25-23)29-8-10-30(11-9-29)22-12-17-14-28(3)7-6-20(17)26-27-22/h4-5,12-13,15-16H,6-11,14H2,1-3H3. The molecule has 0 radical (unpaired) electrons. The largest absolute Gasteiger partial charge is 0.474 e. The van der Waals surface area contributed by atoms with Crippen LogP contribution in [0, 0.1) is 0 Å². The molecule has 1 fully saturated rings. The summed E-state index contributed by atoms with van der Waals surface area (Å²) in [6.45, 7) is 9.73. The summed E-state index contributed by atoms with van der Waals surface area (Å²) < 4.78 is 5.90. The Morgan fingerprint density at radius 3 is 2.55 bits per heavy atom. The average molecular weight is 420 g/mol. The highest BCUT2D eigenvalue weighted by Gasteiger charge is 2.22. The van der Waals surface area contributed by atoms with Crippen LogP contribution >= 0.6 is 0 Å². The highest BCUT2D eigenvalue weighted by molar-refractivity contribution is 5.86. The van der Waals surface area contributed by atoms with Crippen LogP contribution in [0.5, 0.6) is 5.88 Å². The fourth-order valence-electron chi connectivity index (χ4n) is 4.34. The van der Waals surface area contributed by atoms with E-state index in [4.69, 9.17) is 4.74 Å². The Balaban J connectivity index is 1.31. The normalized spacial score (nSPS) is 17.3. The van der Waals surface area contributed by atoms with Gasteiger partial charge in [0.25, 0.3) is 0 Å². The molecule has 0 spiro atoms. The average Bonchev–Trinajstić information content (AvgIpc) is 2.78. The van der Waals surface area contributed by atoms with Gasteiger partial charge in [-0.25, -0.2) is 9.97 Å². The minimum absolute atomic E-state index is 0.0721. The number of anilines is 2. The molecular formula is C23H29N7O. The van der Waals surface area contributed by atoms with E-state index in [-0.39, 0.29) is 6.10 Å². The van der Waals surface area contributed by atoms with Gasteiger partial charge in [-0.2, -0.15) is 5.10 Å². The van der Waals surface area contributed by atoms with Crippen LogP contribution in [0.4, 0.5) is 11.5 Å². The maximum Gasteiger partial charge on any atom is 0.224 e. The molecule has 0 atom stereocenters. The van der Waals surface area contributed by atoms with Crippen LogP contribution in [0.25, 0.3) is 10.9 Å². The molecule has 8 heteroatoms. The van der Waals surface area contributed by atoms with Gasteiger partial charge in [-0.1, -0.05) is 0 Å². The van der Waals surface area contributed by atoms with Crippen LogP contribution in [0.1, 0.15) is 25.1 Å². The molecule has 0 saturated carbocycles. The number of likely N-dealkylation sites (N-methyl/N-ethyl adjacent to an activating group) is 1. The number of aromatic nitrogens is 4. The quantitative estimate of drug-likeness (QED) is 0.639. The zero-order valence-electron chi connectivity index (χ0n) is 18.5. The van der Waals surface area contributed by atoms with E-state index in [9.17, 15) is 0 Å². The second-order valence-corrected chi connectivity index (χ2v) is 8.68. The molecule has 0 N–H and O–H groups in total. The molecule has 8 nitrogen and oxygen atoms in total. The molecule has 1 aromatic carbocycles. The van der Waals surface area contributed by atoms with E-state index in [1.54, 1.807) is 6.33 Å². The maximum atomic E-state index is 5.90. The van der Waals surface area contributed by atoms with Gasteiger partial charge < -0.3 is 19.4 Å². The van der Waals surface area contributed by atoms with Crippen LogP contribution in [0.2, 0.25) is 0 Å². The van der Waals surface area contributed by atoms with Crippen molar-refractivity contribution in [2.24, 2.45) is 0 Å².